The fourth-order valence-corrected chi connectivity index (χ4v) is 6.37. The molecule has 4 rings (SSSR count). The highest BCUT2D eigenvalue weighted by Gasteiger charge is 2.37. The van der Waals surface area contributed by atoms with Crippen LogP contribution in [0.1, 0.15) is 49.4 Å². The number of sulfonamides is 1. The van der Waals surface area contributed by atoms with Crippen LogP contribution < -0.4 is 5.32 Å². The molecule has 2 heterocycles. The lowest BCUT2D eigenvalue weighted by atomic mass is 10.0. The summed E-state index contributed by atoms with van der Waals surface area (Å²) in [7, 11) is -3.23. The van der Waals surface area contributed by atoms with E-state index in [1.54, 1.807) is 29.2 Å². The number of fused-ring (bicyclic) bond motifs is 1. The minimum atomic E-state index is -3.23. The first kappa shape index (κ1) is 23.5. The molecule has 2 amide bonds. The van der Waals surface area contributed by atoms with E-state index < -0.39 is 16.1 Å². The second kappa shape index (κ2) is 9.69. The van der Waals surface area contributed by atoms with E-state index in [1.165, 1.54) is 4.31 Å². The van der Waals surface area contributed by atoms with Crippen LogP contribution in [0.25, 0.3) is 10.8 Å². The van der Waals surface area contributed by atoms with Crippen molar-refractivity contribution in [2.75, 3.05) is 25.4 Å². The van der Waals surface area contributed by atoms with E-state index in [-0.39, 0.29) is 34.9 Å². The number of nitrogens with zero attached hydrogens (tertiary/aromatic N) is 2. The minimum Gasteiger partial charge on any atom is -0.506 e. The van der Waals surface area contributed by atoms with Crippen molar-refractivity contribution in [2.45, 2.75) is 51.1 Å². The molecule has 2 aromatic carbocycles. The van der Waals surface area contributed by atoms with E-state index in [1.807, 2.05) is 19.1 Å². The van der Waals surface area contributed by atoms with Gasteiger partial charge in [0.2, 0.25) is 15.9 Å². The summed E-state index contributed by atoms with van der Waals surface area (Å²) in [4.78, 5) is 27.8. The van der Waals surface area contributed by atoms with Crippen LogP contribution in [0.2, 0.25) is 0 Å². The van der Waals surface area contributed by atoms with Crippen molar-refractivity contribution in [1.82, 2.24) is 14.5 Å². The number of carbonyl (C=O) groups excluding carboxylic acids is 2. The Kier molecular flexibility index (Phi) is 6.90. The Hall–Kier alpha value is -2.65. The number of aromatic hydroxyl groups is 1. The maximum Gasteiger partial charge on any atom is 0.258 e. The molecule has 0 spiro atoms. The van der Waals surface area contributed by atoms with Gasteiger partial charge in [0.15, 0.2) is 0 Å². The molecule has 1 atom stereocenters. The number of rotatable bonds is 6. The number of phenolic OH excluding ortho intramolecular Hbond substituents is 1. The summed E-state index contributed by atoms with van der Waals surface area (Å²) < 4.78 is 26.0. The normalized spacial score (nSPS) is 20.3. The summed E-state index contributed by atoms with van der Waals surface area (Å²) >= 11 is 0. The van der Waals surface area contributed by atoms with E-state index in [0.717, 1.165) is 5.39 Å². The van der Waals surface area contributed by atoms with E-state index >= 15 is 0 Å². The van der Waals surface area contributed by atoms with Gasteiger partial charge >= 0.3 is 0 Å². The van der Waals surface area contributed by atoms with Gasteiger partial charge in [0.1, 0.15) is 11.8 Å². The fraction of sp³-hybridized carbons (Fsp3) is 0.500. The van der Waals surface area contributed by atoms with E-state index in [4.69, 9.17) is 0 Å². The molecule has 2 aromatic rings. The number of hydrogen-bond donors (Lipinski definition) is 2. The van der Waals surface area contributed by atoms with Crippen molar-refractivity contribution in [2.24, 2.45) is 0 Å². The molecule has 0 saturated carbocycles. The third-order valence-corrected chi connectivity index (χ3v) is 8.68. The van der Waals surface area contributed by atoms with Gasteiger partial charge in [-0.2, -0.15) is 0 Å². The zero-order chi connectivity index (χ0) is 23.6. The summed E-state index contributed by atoms with van der Waals surface area (Å²) in [5.41, 5.74) is 0.197. The number of carbonyl (C=O) groups is 2. The molecule has 2 aliphatic rings. The first-order chi connectivity index (χ1) is 15.8. The largest absolute Gasteiger partial charge is 0.506 e. The predicted octanol–water partition coefficient (Wildman–Crippen LogP) is 2.47. The Morgan fingerprint density at radius 2 is 1.79 bits per heavy atom. The monoisotopic (exact) mass is 473 g/mol. The van der Waals surface area contributed by atoms with Gasteiger partial charge in [0.05, 0.1) is 11.3 Å². The second-order valence-electron chi connectivity index (χ2n) is 8.84. The molecule has 9 heteroatoms. The van der Waals surface area contributed by atoms with Crippen molar-refractivity contribution in [1.29, 1.82) is 0 Å². The number of nitrogens with one attached hydrogen (secondary N) is 1. The summed E-state index contributed by atoms with van der Waals surface area (Å²) in [5.74, 6) is -0.484. The maximum atomic E-state index is 13.2. The molecular formula is C24H31N3O5S. The van der Waals surface area contributed by atoms with Crippen LogP contribution >= 0.6 is 0 Å². The smallest absolute Gasteiger partial charge is 0.258 e. The molecule has 0 aliphatic carbocycles. The third-order valence-electron chi connectivity index (χ3n) is 6.60. The van der Waals surface area contributed by atoms with E-state index in [9.17, 15) is 23.1 Å². The van der Waals surface area contributed by atoms with E-state index in [0.29, 0.717) is 57.1 Å². The second-order valence-corrected chi connectivity index (χ2v) is 10.9. The summed E-state index contributed by atoms with van der Waals surface area (Å²) in [5, 5.41) is 15.2. The highest BCUT2D eigenvalue weighted by atomic mass is 32.2. The molecule has 2 N–H and O–H groups in total. The minimum absolute atomic E-state index is 0.0650. The zero-order valence-electron chi connectivity index (χ0n) is 18.9. The van der Waals surface area contributed by atoms with Crippen molar-refractivity contribution in [3.63, 3.8) is 0 Å². The van der Waals surface area contributed by atoms with Gasteiger partial charge in [0.25, 0.3) is 5.91 Å². The quantitative estimate of drug-likeness (QED) is 0.670. The van der Waals surface area contributed by atoms with Crippen LogP contribution in [-0.4, -0.2) is 72.0 Å². The lowest BCUT2D eigenvalue weighted by Gasteiger charge is -2.33. The number of piperidine rings is 1. The fourth-order valence-electron chi connectivity index (χ4n) is 4.83. The maximum absolute atomic E-state index is 13.2. The summed E-state index contributed by atoms with van der Waals surface area (Å²) in [6, 6.07) is 10.0. The molecule has 0 aromatic heterocycles. The lowest BCUT2D eigenvalue weighted by Crippen LogP contribution is -2.52. The molecule has 8 nitrogen and oxygen atoms in total. The van der Waals surface area contributed by atoms with Crippen LogP contribution in [0.4, 0.5) is 0 Å². The van der Waals surface area contributed by atoms with Gasteiger partial charge < -0.3 is 15.3 Å². The molecule has 2 saturated heterocycles. The van der Waals surface area contributed by atoms with Gasteiger partial charge in [0, 0.05) is 31.1 Å². The summed E-state index contributed by atoms with van der Waals surface area (Å²) in [6.07, 6.45) is 2.97. The zero-order valence-corrected chi connectivity index (χ0v) is 19.7. The molecule has 1 unspecified atom stereocenters. The van der Waals surface area contributed by atoms with Gasteiger partial charge in [-0.1, -0.05) is 37.3 Å². The van der Waals surface area contributed by atoms with Crippen molar-refractivity contribution in [3.8, 4) is 5.75 Å². The Balaban J connectivity index is 1.41. The van der Waals surface area contributed by atoms with Gasteiger partial charge in [-0.25, -0.2) is 12.7 Å². The van der Waals surface area contributed by atoms with Crippen LogP contribution in [0.3, 0.4) is 0 Å². The van der Waals surface area contributed by atoms with Crippen LogP contribution in [0, 0.1) is 0 Å². The molecule has 178 valence electrons. The first-order valence-corrected chi connectivity index (χ1v) is 13.2. The molecule has 2 aliphatic heterocycles. The number of likely N-dealkylation sites (tertiary alicyclic amines) is 1. The van der Waals surface area contributed by atoms with Crippen LogP contribution in [-0.2, 0) is 14.8 Å². The standard InChI is InChI=1S/C24H31N3O5S/c1-2-16-33(31,32)26-14-11-18(12-15-26)25-23(29)21-8-5-13-27(21)24(30)20-10-9-17-6-3-4-7-19(17)22(20)28/h3-4,6-7,9-10,18,21,28H,2,5,8,11-16H2,1H3,(H,25,29). The Bertz CT molecular complexity index is 1140. The first-order valence-electron chi connectivity index (χ1n) is 11.6. The molecule has 0 radical (unpaired) electrons. The van der Waals surface area contributed by atoms with Crippen LogP contribution in [0.5, 0.6) is 5.75 Å². The van der Waals surface area contributed by atoms with Crippen molar-refractivity contribution in [3.05, 3.63) is 42.0 Å². The molecule has 2 fully saturated rings. The third kappa shape index (κ3) is 4.84. The lowest BCUT2D eigenvalue weighted by molar-refractivity contribution is -0.125. The van der Waals surface area contributed by atoms with Crippen molar-refractivity contribution >= 4 is 32.6 Å². The predicted molar refractivity (Wildman–Crippen MR) is 126 cm³/mol. The topological polar surface area (TPSA) is 107 Å². The van der Waals surface area contributed by atoms with Crippen LogP contribution in [0.15, 0.2) is 36.4 Å². The molecular weight excluding hydrogens is 442 g/mol. The number of hydrogen-bond acceptors (Lipinski definition) is 5. The SMILES string of the molecule is CCCS(=O)(=O)N1CCC(NC(=O)C2CCCN2C(=O)c2ccc3ccccc3c2O)CC1. The van der Waals surface area contributed by atoms with Gasteiger partial charge in [-0.3, -0.25) is 9.59 Å². The highest BCUT2D eigenvalue weighted by molar-refractivity contribution is 7.89. The van der Waals surface area contributed by atoms with Crippen molar-refractivity contribution < 1.29 is 23.1 Å². The Labute approximate surface area is 194 Å². The van der Waals surface area contributed by atoms with E-state index in [2.05, 4.69) is 5.32 Å². The van der Waals surface area contributed by atoms with Gasteiger partial charge in [-0.15, -0.1) is 0 Å². The molecule has 33 heavy (non-hydrogen) atoms. The Morgan fingerprint density at radius 1 is 1.06 bits per heavy atom. The number of amides is 2. The van der Waals surface area contributed by atoms with Gasteiger partial charge in [-0.05, 0) is 43.6 Å². The number of phenols is 1. The summed E-state index contributed by atoms with van der Waals surface area (Å²) in [6.45, 7) is 3.09. The highest BCUT2D eigenvalue weighted by Crippen LogP contribution is 2.31. The number of benzene rings is 2. The average Bonchev–Trinajstić information content (AvgIpc) is 3.30. The average molecular weight is 474 g/mol. The molecule has 0 bridgehead atoms. The Morgan fingerprint density at radius 3 is 2.52 bits per heavy atom.